The van der Waals surface area contributed by atoms with Gasteiger partial charge in [-0.3, -0.25) is 4.98 Å². The largest absolute Gasteiger partial charge is 0.381 e. The first kappa shape index (κ1) is 28.3. The summed E-state index contributed by atoms with van der Waals surface area (Å²) in [6, 6.07) is 12.4. The monoisotopic (exact) mass is 587 g/mol. The minimum Gasteiger partial charge on any atom is -0.381 e. The standard InChI is InChI=1S/C31H37N7O3S/c1-19(2)36(4)31-26-27-24(16-23(17-32-27)28-20(3)34-35-37(28)5)38(30(26)25(18-33-31)42(6,39)40)29(21-10-8-7-9-11-21)22-12-14-41-15-13-22/h7-11,16-19,22,29H,12-15H2,1-6H3/t29-/m1/s1. The van der Waals surface area contributed by atoms with Crippen LogP contribution < -0.4 is 4.90 Å². The van der Waals surface area contributed by atoms with Crippen molar-refractivity contribution in [2.45, 2.75) is 50.6 Å². The summed E-state index contributed by atoms with van der Waals surface area (Å²) < 4.78 is 36.6. The van der Waals surface area contributed by atoms with Crippen LogP contribution in [0.25, 0.3) is 33.2 Å². The molecule has 4 aromatic heterocycles. The molecule has 220 valence electrons. The molecule has 1 saturated heterocycles. The van der Waals surface area contributed by atoms with Crippen molar-refractivity contribution >= 4 is 37.6 Å². The molecule has 6 rings (SSSR count). The number of aryl methyl sites for hydroxylation is 2. The van der Waals surface area contributed by atoms with Crippen LogP contribution in [0.4, 0.5) is 5.82 Å². The highest BCUT2D eigenvalue weighted by atomic mass is 32.2. The van der Waals surface area contributed by atoms with E-state index in [-0.39, 0.29) is 22.9 Å². The summed E-state index contributed by atoms with van der Waals surface area (Å²) >= 11 is 0. The van der Waals surface area contributed by atoms with Crippen LogP contribution in [-0.2, 0) is 21.6 Å². The molecule has 1 fully saturated rings. The average molecular weight is 588 g/mol. The Kier molecular flexibility index (Phi) is 7.26. The van der Waals surface area contributed by atoms with Crippen molar-refractivity contribution in [3.63, 3.8) is 0 Å². The molecular weight excluding hydrogens is 550 g/mol. The fourth-order valence-electron chi connectivity index (χ4n) is 6.25. The second kappa shape index (κ2) is 10.8. The summed E-state index contributed by atoms with van der Waals surface area (Å²) in [5, 5.41) is 9.22. The van der Waals surface area contributed by atoms with Crippen molar-refractivity contribution in [2.75, 3.05) is 31.4 Å². The Morgan fingerprint density at radius 2 is 1.79 bits per heavy atom. The lowest BCUT2D eigenvalue weighted by Crippen LogP contribution is -2.28. The molecule has 5 aromatic rings. The molecule has 1 aromatic carbocycles. The summed E-state index contributed by atoms with van der Waals surface area (Å²) in [7, 11) is 0.200. The molecule has 0 unspecified atom stereocenters. The van der Waals surface area contributed by atoms with Crippen molar-refractivity contribution in [3.8, 4) is 11.3 Å². The Bertz CT molecular complexity index is 1850. The van der Waals surface area contributed by atoms with Crippen LogP contribution in [0.3, 0.4) is 0 Å². The molecule has 0 radical (unpaired) electrons. The smallest absolute Gasteiger partial charge is 0.179 e. The van der Waals surface area contributed by atoms with Crippen LogP contribution in [-0.4, -0.2) is 70.5 Å². The van der Waals surface area contributed by atoms with Gasteiger partial charge in [0.15, 0.2) is 9.84 Å². The van der Waals surface area contributed by atoms with Crippen molar-refractivity contribution in [1.82, 2.24) is 29.5 Å². The zero-order valence-corrected chi connectivity index (χ0v) is 25.8. The minimum atomic E-state index is -3.65. The SMILES string of the molecule is Cc1nnn(C)c1-c1cnc2c3c(N(C)C(C)C)ncc(S(C)(=O)=O)c3n([C@H](c3ccccc3)C3CCOCC3)c2c1. The van der Waals surface area contributed by atoms with Gasteiger partial charge in [0.05, 0.1) is 45.6 Å². The van der Waals surface area contributed by atoms with Gasteiger partial charge < -0.3 is 14.2 Å². The number of hydrogen-bond acceptors (Lipinski definition) is 8. The van der Waals surface area contributed by atoms with Gasteiger partial charge in [-0.05, 0) is 51.2 Å². The fraction of sp³-hybridized carbons (Fsp3) is 0.419. The Morgan fingerprint density at radius 3 is 2.40 bits per heavy atom. The maximum Gasteiger partial charge on any atom is 0.179 e. The Balaban J connectivity index is 1.81. The van der Waals surface area contributed by atoms with Crippen LogP contribution in [0.5, 0.6) is 0 Å². The third-order valence-electron chi connectivity index (χ3n) is 8.51. The van der Waals surface area contributed by atoms with Crippen LogP contribution >= 0.6 is 0 Å². The summed E-state index contributed by atoms with van der Waals surface area (Å²) in [5.41, 5.74) is 5.84. The highest BCUT2D eigenvalue weighted by molar-refractivity contribution is 7.91. The quantitative estimate of drug-likeness (QED) is 0.263. The maximum absolute atomic E-state index is 13.4. The molecule has 0 spiro atoms. The molecule has 1 atom stereocenters. The van der Waals surface area contributed by atoms with Crippen LogP contribution in [0.2, 0.25) is 0 Å². The summed E-state index contributed by atoms with van der Waals surface area (Å²) in [6.07, 6.45) is 6.32. The predicted molar refractivity (Wildman–Crippen MR) is 165 cm³/mol. The van der Waals surface area contributed by atoms with Crippen LogP contribution in [0, 0.1) is 12.8 Å². The van der Waals surface area contributed by atoms with Gasteiger partial charge in [-0.1, -0.05) is 35.5 Å². The van der Waals surface area contributed by atoms with Gasteiger partial charge in [0.2, 0.25) is 0 Å². The molecule has 0 amide bonds. The van der Waals surface area contributed by atoms with Gasteiger partial charge in [-0.2, -0.15) is 0 Å². The molecule has 1 aliphatic rings. The van der Waals surface area contributed by atoms with Gasteiger partial charge >= 0.3 is 0 Å². The van der Waals surface area contributed by atoms with E-state index in [4.69, 9.17) is 14.7 Å². The molecule has 1 aliphatic heterocycles. The van der Waals surface area contributed by atoms with E-state index in [0.717, 1.165) is 51.8 Å². The number of aromatic nitrogens is 6. The highest BCUT2D eigenvalue weighted by Crippen LogP contribution is 2.45. The lowest BCUT2D eigenvalue weighted by molar-refractivity contribution is 0.0552. The van der Waals surface area contributed by atoms with Gasteiger partial charge in [-0.15, -0.1) is 5.10 Å². The van der Waals surface area contributed by atoms with E-state index in [1.807, 2.05) is 45.4 Å². The average Bonchev–Trinajstić information content (AvgIpc) is 3.49. The molecule has 0 N–H and O–H groups in total. The van der Waals surface area contributed by atoms with Crippen molar-refractivity contribution in [3.05, 3.63) is 60.0 Å². The number of pyridine rings is 2. The van der Waals surface area contributed by atoms with Crippen molar-refractivity contribution in [2.24, 2.45) is 13.0 Å². The zero-order chi connectivity index (χ0) is 29.8. The van der Waals surface area contributed by atoms with Gasteiger partial charge in [-0.25, -0.2) is 18.1 Å². The molecule has 42 heavy (non-hydrogen) atoms. The van der Waals surface area contributed by atoms with E-state index >= 15 is 0 Å². The zero-order valence-electron chi connectivity index (χ0n) is 24.9. The van der Waals surface area contributed by atoms with E-state index in [1.165, 1.54) is 12.5 Å². The van der Waals surface area contributed by atoms with Crippen LogP contribution in [0.1, 0.15) is 44.0 Å². The third-order valence-corrected chi connectivity index (χ3v) is 9.61. The van der Waals surface area contributed by atoms with Crippen molar-refractivity contribution in [1.29, 1.82) is 0 Å². The molecule has 11 heteroatoms. The van der Waals surface area contributed by atoms with Gasteiger partial charge in [0, 0.05) is 51.4 Å². The number of sulfone groups is 1. The minimum absolute atomic E-state index is 0.131. The normalized spacial score (nSPS) is 15.6. The topological polar surface area (TPSA) is 108 Å². The number of benzene rings is 1. The lowest BCUT2D eigenvalue weighted by atomic mass is 9.86. The Morgan fingerprint density at radius 1 is 1.07 bits per heavy atom. The molecule has 10 nitrogen and oxygen atoms in total. The second-order valence-electron chi connectivity index (χ2n) is 11.6. The number of ether oxygens (including phenoxy) is 1. The predicted octanol–water partition coefficient (Wildman–Crippen LogP) is 4.95. The summed E-state index contributed by atoms with van der Waals surface area (Å²) in [6.45, 7) is 7.44. The first-order chi connectivity index (χ1) is 20.1. The third kappa shape index (κ3) is 4.74. The number of hydrogen-bond donors (Lipinski definition) is 0. The number of fused-ring (bicyclic) bond motifs is 3. The molecule has 0 saturated carbocycles. The molecule has 5 heterocycles. The highest BCUT2D eigenvalue weighted by Gasteiger charge is 2.34. The van der Waals surface area contributed by atoms with Gasteiger partial charge in [0.25, 0.3) is 0 Å². The van der Waals surface area contributed by atoms with E-state index in [1.54, 1.807) is 4.68 Å². The van der Waals surface area contributed by atoms with E-state index in [9.17, 15) is 8.42 Å². The van der Waals surface area contributed by atoms with Crippen molar-refractivity contribution < 1.29 is 13.2 Å². The van der Waals surface area contributed by atoms with Gasteiger partial charge in [0.1, 0.15) is 10.7 Å². The second-order valence-corrected chi connectivity index (χ2v) is 13.5. The molecule has 0 aliphatic carbocycles. The Labute approximate surface area is 246 Å². The summed E-state index contributed by atoms with van der Waals surface area (Å²) in [5.74, 6) is 0.920. The number of rotatable bonds is 7. The Hall–Kier alpha value is -3.83. The number of anilines is 1. The number of nitrogens with zero attached hydrogens (tertiary/aromatic N) is 7. The summed E-state index contributed by atoms with van der Waals surface area (Å²) in [4.78, 5) is 12.1. The first-order valence-corrected chi connectivity index (χ1v) is 16.2. The molecule has 0 bridgehead atoms. The van der Waals surface area contributed by atoms with E-state index in [0.29, 0.717) is 24.5 Å². The van der Waals surface area contributed by atoms with E-state index < -0.39 is 9.84 Å². The molecular formula is C31H37N7O3S. The first-order valence-electron chi connectivity index (χ1n) is 14.3. The van der Waals surface area contributed by atoms with Crippen LogP contribution in [0.15, 0.2) is 53.7 Å². The maximum atomic E-state index is 13.4. The lowest BCUT2D eigenvalue weighted by Gasteiger charge is -2.33. The fourth-order valence-corrected chi connectivity index (χ4v) is 7.05. The van der Waals surface area contributed by atoms with E-state index in [2.05, 4.69) is 51.8 Å².